The number of rotatable bonds is 7. The Bertz CT molecular complexity index is 915. The van der Waals surface area contributed by atoms with E-state index < -0.39 is 11.9 Å². The fourth-order valence-corrected chi connectivity index (χ4v) is 3.85. The van der Waals surface area contributed by atoms with E-state index in [1.54, 1.807) is 20.1 Å². The minimum Gasteiger partial charge on any atom is -0.496 e. The Kier molecular flexibility index (Phi) is 6.70. The Hall–Kier alpha value is -3.08. The molecule has 3 rings (SSSR count). The van der Waals surface area contributed by atoms with Gasteiger partial charge in [-0.05, 0) is 49.6 Å². The van der Waals surface area contributed by atoms with Gasteiger partial charge in [-0.3, -0.25) is 9.59 Å². The van der Waals surface area contributed by atoms with Crippen LogP contribution in [-0.4, -0.2) is 32.1 Å². The zero-order valence-corrected chi connectivity index (χ0v) is 17.0. The van der Waals surface area contributed by atoms with E-state index in [1.807, 2.05) is 55.5 Å². The van der Waals surface area contributed by atoms with Crippen molar-refractivity contribution in [3.63, 3.8) is 0 Å². The number of allylic oxidation sites excluding steroid dienone is 2. The molecule has 0 saturated carbocycles. The first-order valence-corrected chi connectivity index (χ1v) is 9.86. The lowest BCUT2D eigenvalue weighted by atomic mass is 9.73. The standard InChI is InChI=1S/C24H26O5/c1-4-28-22-13-9-7-11-18(22)19-14-16(17-10-6-8-12-21(17)27-3)15-20(25)23(19)24(26)29-5-2/h6-13,15,19,23H,4-5,14H2,1-3H3. The summed E-state index contributed by atoms with van der Waals surface area (Å²) in [5, 5.41) is 0. The van der Waals surface area contributed by atoms with Crippen LogP contribution >= 0.6 is 0 Å². The van der Waals surface area contributed by atoms with E-state index in [-0.39, 0.29) is 18.3 Å². The van der Waals surface area contributed by atoms with Crippen LogP contribution in [0, 0.1) is 5.92 Å². The van der Waals surface area contributed by atoms with E-state index in [0.717, 1.165) is 16.7 Å². The van der Waals surface area contributed by atoms with Gasteiger partial charge in [0.05, 0.1) is 20.3 Å². The zero-order chi connectivity index (χ0) is 20.8. The summed E-state index contributed by atoms with van der Waals surface area (Å²) in [6, 6.07) is 15.1. The van der Waals surface area contributed by atoms with E-state index in [0.29, 0.717) is 24.5 Å². The summed E-state index contributed by atoms with van der Waals surface area (Å²) in [7, 11) is 1.60. The van der Waals surface area contributed by atoms with E-state index in [2.05, 4.69) is 0 Å². The fraction of sp³-hybridized carbons (Fsp3) is 0.333. The molecule has 0 saturated heterocycles. The molecule has 5 heteroatoms. The summed E-state index contributed by atoms with van der Waals surface area (Å²) >= 11 is 0. The molecule has 2 atom stereocenters. The largest absolute Gasteiger partial charge is 0.496 e. The smallest absolute Gasteiger partial charge is 0.317 e. The van der Waals surface area contributed by atoms with E-state index in [1.165, 1.54) is 0 Å². The average molecular weight is 394 g/mol. The van der Waals surface area contributed by atoms with Crippen LogP contribution < -0.4 is 9.47 Å². The molecule has 0 bridgehead atoms. The molecule has 2 aromatic carbocycles. The lowest BCUT2D eigenvalue weighted by Crippen LogP contribution is -2.34. The Labute approximate surface area is 171 Å². The van der Waals surface area contributed by atoms with Crippen molar-refractivity contribution in [1.29, 1.82) is 0 Å². The third kappa shape index (κ3) is 4.34. The second-order valence-corrected chi connectivity index (χ2v) is 6.78. The van der Waals surface area contributed by atoms with Gasteiger partial charge in [0, 0.05) is 11.5 Å². The van der Waals surface area contributed by atoms with Crippen molar-refractivity contribution in [1.82, 2.24) is 0 Å². The number of ether oxygens (including phenoxy) is 3. The van der Waals surface area contributed by atoms with Crippen molar-refractivity contribution in [2.45, 2.75) is 26.2 Å². The number of carbonyl (C=O) groups is 2. The monoisotopic (exact) mass is 394 g/mol. The molecule has 2 unspecified atom stereocenters. The number of methoxy groups -OCH3 is 1. The quantitative estimate of drug-likeness (QED) is 0.514. The topological polar surface area (TPSA) is 61.8 Å². The number of hydrogen-bond donors (Lipinski definition) is 0. The summed E-state index contributed by atoms with van der Waals surface area (Å²) in [5.41, 5.74) is 2.52. The average Bonchev–Trinajstić information content (AvgIpc) is 2.74. The molecule has 1 aliphatic rings. The van der Waals surface area contributed by atoms with Crippen LogP contribution in [0.4, 0.5) is 0 Å². The maximum Gasteiger partial charge on any atom is 0.317 e. The molecule has 29 heavy (non-hydrogen) atoms. The molecule has 0 amide bonds. The Balaban J connectivity index is 2.09. The van der Waals surface area contributed by atoms with Gasteiger partial charge in [0.15, 0.2) is 5.78 Å². The molecule has 152 valence electrons. The molecule has 2 aromatic rings. The predicted molar refractivity (Wildman–Crippen MR) is 111 cm³/mol. The lowest BCUT2D eigenvalue weighted by molar-refractivity contribution is -0.151. The van der Waals surface area contributed by atoms with E-state index in [4.69, 9.17) is 14.2 Å². The van der Waals surface area contributed by atoms with Crippen LogP contribution in [0.15, 0.2) is 54.6 Å². The summed E-state index contributed by atoms with van der Waals surface area (Å²) in [6.45, 7) is 4.37. The van der Waals surface area contributed by atoms with Gasteiger partial charge < -0.3 is 14.2 Å². The first-order valence-electron chi connectivity index (χ1n) is 9.86. The van der Waals surface area contributed by atoms with Crippen molar-refractivity contribution >= 4 is 17.3 Å². The normalized spacial score (nSPS) is 18.7. The van der Waals surface area contributed by atoms with Gasteiger partial charge in [0.25, 0.3) is 0 Å². The van der Waals surface area contributed by atoms with Gasteiger partial charge in [-0.1, -0.05) is 36.4 Å². The Morgan fingerprint density at radius 1 is 1.00 bits per heavy atom. The molecular weight excluding hydrogens is 368 g/mol. The van der Waals surface area contributed by atoms with Crippen LogP contribution in [0.25, 0.3) is 5.57 Å². The van der Waals surface area contributed by atoms with Gasteiger partial charge in [0.2, 0.25) is 0 Å². The van der Waals surface area contributed by atoms with Crippen LogP contribution in [0.5, 0.6) is 11.5 Å². The molecule has 5 nitrogen and oxygen atoms in total. The van der Waals surface area contributed by atoms with Crippen molar-refractivity contribution in [2.24, 2.45) is 5.92 Å². The van der Waals surface area contributed by atoms with Gasteiger partial charge in [-0.15, -0.1) is 0 Å². The highest BCUT2D eigenvalue weighted by molar-refractivity contribution is 6.11. The number of para-hydroxylation sites is 2. The SMILES string of the molecule is CCOC(=O)C1C(=O)C=C(c2ccccc2OC)CC1c1ccccc1OCC. The second kappa shape index (κ2) is 9.41. The zero-order valence-electron chi connectivity index (χ0n) is 17.0. The van der Waals surface area contributed by atoms with Crippen molar-refractivity contribution < 1.29 is 23.8 Å². The molecule has 0 N–H and O–H groups in total. The molecule has 0 aliphatic heterocycles. The number of hydrogen-bond acceptors (Lipinski definition) is 5. The van der Waals surface area contributed by atoms with Gasteiger partial charge >= 0.3 is 5.97 Å². The molecule has 0 spiro atoms. The fourth-order valence-electron chi connectivity index (χ4n) is 3.85. The van der Waals surface area contributed by atoms with Gasteiger partial charge in [-0.2, -0.15) is 0 Å². The van der Waals surface area contributed by atoms with Crippen molar-refractivity contribution in [3.05, 3.63) is 65.7 Å². The summed E-state index contributed by atoms with van der Waals surface area (Å²) in [4.78, 5) is 25.8. The minimum atomic E-state index is -0.894. The molecule has 0 heterocycles. The molecule has 0 fully saturated rings. The first kappa shape index (κ1) is 20.6. The van der Waals surface area contributed by atoms with Gasteiger partial charge in [-0.25, -0.2) is 0 Å². The molecule has 1 aliphatic carbocycles. The third-order valence-corrected chi connectivity index (χ3v) is 5.08. The Morgan fingerprint density at radius 2 is 1.69 bits per heavy atom. The van der Waals surface area contributed by atoms with Crippen LogP contribution in [-0.2, 0) is 14.3 Å². The van der Waals surface area contributed by atoms with E-state index >= 15 is 0 Å². The highest BCUT2D eigenvalue weighted by atomic mass is 16.5. The van der Waals surface area contributed by atoms with Crippen molar-refractivity contribution in [3.8, 4) is 11.5 Å². The third-order valence-electron chi connectivity index (χ3n) is 5.08. The molecule has 0 aromatic heterocycles. The Morgan fingerprint density at radius 3 is 2.38 bits per heavy atom. The summed E-state index contributed by atoms with van der Waals surface area (Å²) in [6.07, 6.45) is 2.05. The van der Waals surface area contributed by atoms with E-state index in [9.17, 15) is 9.59 Å². The maximum absolute atomic E-state index is 13.1. The highest BCUT2D eigenvalue weighted by Gasteiger charge is 2.41. The summed E-state index contributed by atoms with van der Waals surface area (Å²) in [5.74, 6) is -0.651. The summed E-state index contributed by atoms with van der Waals surface area (Å²) < 4.78 is 16.5. The second-order valence-electron chi connectivity index (χ2n) is 6.78. The molecule has 0 radical (unpaired) electrons. The lowest BCUT2D eigenvalue weighted by Gasteiger charge is -2.30. The van der Waals surface area contributed by atoms with Crippen LogP contribution in [0.1, 0.15) is 37.3 Å². The number of carbonyl (C=O) groups excluding carboxylic acids is 2. The van der Waals surface area contributed by atoms with Crippen LogP contribution in [0.2, 0.25) is 0 Å². The minimum absolute atomic E-state index is 0.228. The van der Waals surface area contributed by atoms with Crippen LogP contribution in [0.3, 0.4) is 0 Å². The molecular formula is C24H26O5. The predicted octanol–water partition coefficient (Wildman–Crippen LogP) is 4.41. The first-order chi connectivity index (χ1) is 14.1. The number of esters is 1. The maximum atomic E-state index is 13.1. The number of benzene rings is 2. The highest BCUT2D eigenvalue weighted by Crippen LogP contribution is 2.44. The number of ketones is 1. The van der Waals surface area contributed by atoms with Crippen molar-refractivity contribution in [2.75, 3.05) is 20.3 Å². The van der Waals surface area contributed by atoms with Gasteiger partial charge in [0.1, 0.15) is 17.4 Å².